The van der Waals surface area contributed by atoms with E-state index in [1.165, 1.54) is 35.6 Å². The van der Waals surface area contributed by atoms with E-state index in [-0.39, 0.29) is 23.9 Å². The van der Waals surface area contributed by atoms with Crippen LogP contribution in [-0.4, -0.2) is 52.8 Å². The number of esters is 1. The standard InChI is InChI=1S/C16H18N2O3.C15H22N2O/c1-3-21-16(20)10-13-5-4-6-14(9-13)11-18-15(19)8-7-12(2)17-18;1-13-5-7-14(8-6-13)11-16-15(18)12-17-9-3-2-4-10-17/h4-9H,3,10-11H2,1-2H3;5-8H,2-4,9-12H2,1H3,(H,16,18). The summed E-state index contributed by atoms with van der Waals surface area (Å²) in [6.07, 6.45) is 4.00. The minimum absolute atomic E-state index is 0.137. The Hall–Kier alpha value is -3.78. The van der Waals surface area contributed by atoms with Crippen molar-refractivity contribution in [3.8, 4) is 0 Å². The van der Waals surface area contributed by atoms with Crippen LogP contribution in [0.4, 0.5) is 0 Å². The lowest BCUT2D eigenvalue weighted by Gasteiger charge is -2.25. The monoisotopic (exact) mass is 532 g/mol. The van der Waals surface area contributed by atoms with Crippen LogP contribution in [0.3, 0.4) is 0 Å². The number of aryl methyl sites for hydroxylation is 2. The summed E-state index contributed by atoms with van der Waals surface area (Å²) in [4.78, 5) is 37.3. The van der Waals surface area contributed by atoms with Crippen molar-refractivity contribution in [1.29, 1.82) is 0 Å². The van der Waals surface area contributed by atoms with E-state index in [4.69, 9.17) is 4.74 Å². The van der Waals surface area contributed by atoms with Gasteiger partial charge in [0.15, 0.2) is 0 Å². The Bertz CT molecular complexity index is 1260. The van der Waals surface area contributed by atoms with Gasteiger partial charge in [0.05, 0.1) is 31.8 Å². The highest BCUT2D eigenvalue weighted by molar-refractivity contribution is 5.78. The Kier molecular flexibility index (Phi) is 11.9. The van der Waals surface area contributed by atoms with Gasteiger partial charge in [0.25, 0.3) is 5.56 Å². The summed E-state index contributed by atoms with van der Waals surface area (Å²) in [5.74, 6) is -0.113. The number of likely N-dealkylation sites (tertiary alicyclic amines) is 1. The van der Waals surface area contributed by atoms with Gasteiger partial charge in [-0.1, -0.05) is 60.5 Å². The van der Waals surface area contributed by atoms with E-state index in [1.54, 1.807) is 13.0 Å². The second kappa shape index (κ2) is 15.6. The number of carbonyl (C=O) groups excluding carboxylic acids is 2. The van der Waals surface area contributed by atoms with E-state index in [1.807, 2.05) is 31.2 Å². The maximum Gasteiger partial charge on any atom is 0.310 e. The molecule has 0 unspecified atom stereocenters. The zero-order valence-corrected chi connectivity index (χ0v) is 23.3. The highest BCUT2D eigenvalue weighted by Gasteiger charge is 2.13. The van der Waals surface area contributed by atoms with Gasteiger partial charge in [-0.15, -0.1) is 0 Å². The number of ether oxygens (including phenoxy) is 1. The van der Waals surface area contributed by atoms with E-state index in [9.17, 15) is 14.4 Å². The molecule has 0 atom stereocenters. The summed E-state index contributed by atoms with van der Waals surface area (Å²) in [5, 5.41) is 7.19. The van der Waals surface area contributed by atoms with Gasteiger partial charge in [0.1, 0.15) is 0 Å². The first-order chi connectivity index (χ1) is 18.8. The molecule has 8 heteroatoms. The molecule has 0 aliphatic carbocycles. The van der Waals surface area contributed by atoms with Gasteiger partial charge in [-0.05, 0) is 69.5 Å². The Morgan fingerprint density at radius 3 is 2.36 bits per heavy atom. The fraction of sp³-hybridized carbons (Fsp3) is 0.419. The van der Waals surface area contributed by atoms with Crippen LogP contribution in [0.2, 0.25) is 0 Å². The van der Waals surface area contributed by atoms with Crippen molar-refractivity contribution in [3.05, 3.63) is 99.0 Å². The number of benzene rings is 2. The Labute approximate surface area is 231 Å². The molecule has 1 saturated heterocycles. The molecule has 2 heterocycles. The number of aromatic nitrogens is 2. The highest BCUT2D eigenvalue weighted by Crippen LogP contribution is 2.09. The third-order valence-electron chi connectivity index (χ3n) is 6.40. The lowest BCUT2D eigenvalue weighted by atomic mass is 10.1. The minimum atomic E-state index is -0.250. The average molecular weight is 533 g/mol. The summed E-state index contributed by atoms with van der Waals surface area (Å²) >= 11 is 0. The molecule has 1 aliphatic heterocycles. The Morgan fingerprint density at radius 1 is 0.923 bits per heavy atom. The van der Waals surface area contributed by atoms with E-state index in [0.717, 1.165) is 35.5 Å². The molecule has 0 bridgehead atoms. The maximum absolute atomic E-state index is 11.8. The summed E-state index contributed by atoms with van der Waals surface area (Å²) in [6, 6.07) is 19.0. The fourth-order valence-corrected chi connectivity index (χ4v) is 4.34. The maximum atomic E-state index is 11.8. The molecule has 0 saturated carbocycles. The van der Waals surface area contributed by atoms with Crippen molar-refractivity contribution in [2.75, 3.05) is 26.2 Å². The molecule has 1 N–H and O–H groups in total. The molecule has 3 aromatic rings. The van der Waals surface area contributed by atoms with Crippen LogP contribution >= 0.6 is 0 Å². The van der Waals surface area contributed by atoms with Gasteiger partial charge < -0.3 is 10.1 Å². The quantitative estimate of drug-likeness (QED) is 0.422. The summed E-state index contributed by atoms with van der Waals surface area (Å²) in [7, 11) is 0. The van der Waals surface area contributed by atoms with Gasteiger partial charge in [-0.2, -0.15) is 5.10 Å². The molecule has 208 valence electrons. The number of nitrogens with zero attached hydrogens (tertiary/aromatic N) is 3. The predicted molar refractivity (Wildman–Crippen MR) is 152 cm³/mol. The number of amides is 1. The van der Waals surface area contributed by atoms with Crippen LogP contribution in [0.1, 0.15) is 54.1 Å². The molecule has 1 fully saturated rings. The van der Waals surface area contributed by atoms with Crippen LogP contribution in [0.15, 0.2) is 65.5 Å². The Balaban J connectivity index is 0.000000218. The third kappa shape index (κ3) is 10.9. The molecule has 8 nitrogen and oxygen atoms in total. The van der Waals surface area contributed by atoms with Crippen molar-refractivity contribution < 1.29 is 14.3 Å². The first-order valence-electron chi connectivity index (χ1n) is 13.6. The molecular formula is C31H40N4O4. The second-order valence-electron chi connectivity index (χ2n) is 9.87. The zero-order chi connectivity index (χ0) is 28.0. The molecular weight excluding hydrogens is 492 g/mol. The number of rotatable bonds is 9. The summed E-state index contributed by atoms with van der Waals surface area (Å²) in [5.41, 5.74) is 4.85. The van der Waals surface area contributed by atoms with Crippen LogP contribution < -0.4 is 10.9 Å². The van der Waals surface area contributed by atoms with Gasteiger partial charge in [0.2, 0.25) is 5.91 Å². The van der Waals surface area contributed by atoms with Gasteiger partial charge in [0, 0.05) is 12.6 Å². The molecule has 1 amide bonds. The molecule has 0 radical (unpaired) electrons. The highest BCUT2D eigenvalue weighted by atomic mass is 16.5. The zero-order valence-electron chi connectivity index (χ0n) is 23.3. The molecule has 39 heavy (non-hydrogen) atoms. The van der Waals surface area contributed by atoms with Crippen LogP contribution in [0.5, 0.6) is 0 Å². The molecule has 2 aromatic carbocycles. The third-order valence-corrected chi connectivity index (χ3v) is 6.40. The lowest BCUT2D eigenvalue weighted by molar-refractivity contribution is -0.142. The number of piperidine rings is 1. The van der Waals surface area contributed by atoms with E-state index in [0.29, 0.717) is 26.2 Å². The van der Waals surface area contributed by atoms with Crippen LogP contribution in [0.25, 0.3) is 0 Å². The second-order valence-corrected chi connectivity index (χ2v) is 9.87. The number of carbonyl (C=O) groups is 2. The smallest absolute Gasteiger partial charge is 0.310 e. The molecule has 0 spiro atoms. The largest absolute Gasteiger partial charge is 0.466 e. The number of nitrogens with one attached hydrogen (secondary N) is 1. The van der Waals surface area contributed by atoms with Crippen LogP contribution in [0, 0.1) is 13.8 Å². The predicted octanol–water partition coefficient (Wildman–Crippen LogP) is 3.80. The molecule has 1 aliphatic rings. The number of hydrogen-bond donors (Lipinski definition) is 1. The fourth-order valence-electron chi connectivity index (χ4n) is 4.34. The molecule has 1 aromatic heterocycles. The van der Waals surface area contributed by atoms with Crippen molar-refractivity contribution >= 4 is 11.9 Å². The topological polar surface area (TPSA) is 93.5 Å². The normalized spacial score (nSPS) is 13.2. The van der Waals surface area contributed by atoms with Crippen molar-refractivity contribution in [3.63, 3.8) is 0 Å². The lowest BCUT2D eigenvalue weighted by Crippen LogP contribution is -2.39. The van der Waals surface area contributed by atoms with Gasteiger partial charge in [-0.25, -0.2) is 4.68 Å². The first-order valence-corrected chi connectivity index (χ1v) is 13.6. The van der Waals surface area contributed by atoms with E-state index >= 15 is 0 Å². The SMILES string of the molecule is CCOC(=O)Cc1cccc(Cn2nc(C)ccc2=O)c1.Cc1ccc(CNC(=O)CN2CCCCC2)cc1. The van der Waals surface area contributed by atoms with Gasteiger partial charge in [-0.3, -0.25) is 19.3 Å². The van der Waals surface area contributed by atoms with Crippen molar-refractivity contribution in [2.45, 2.75) is 59.5 Å². The van der Waals surface area contributed by atoms with E-state index in [2.05, 4.69) is 46.5 Å². The number of hydrogen-bond acceptors (Lipinski definition) is 6. The van der Waals surface area contributed by atoms with Crippen LogP contribution in [-0.2, 0) is 33.8 Å². The average Bonchev–Trinajstić information content (AvgIpc) is 2.92. The first kappa shape index (κ1) is 29.8. The summed E-state index contributed by atoms with van der Waals surface area (Å²) in [6.45, 7) is 9.77. The van der Waals surface area contributed by atoms with Crippen molar-refractivity contribution in [1.82, 2.24) is 20.0 Å². The van der Waals surface area contributed by atoms with E-state index < -0.39 is 0 Å². The summed E-state index contributed by atoms with van der Waals surface area (Å²) < 4.78 is 6.35. The van der Waals surface area contributed by atoms with Crippen molar-refractivity contribution in [2.24, 2.45) is 0 Å². The van der Waals surface area contributed by atoms with Gasteiger partial charge >= 0.3 is 5.97 Å². The minimum Gasteiger partial charge on any atom is -0.466 e. The molecule has 4 rings (SSSR count). The Morgan fingerprint density at radius 2 is 1.64 bits per heavy atom.